The molecule has 0 aromatic carbocycles. The molecule has 15 heavy (non-hydrogen) atoms. The summed E-state index contributed by atoms with van der Waals surface area (Å²) in [6.45, 7) is 0. The fourth-order valence-corrected chi connectivity index (χ4v) is 3.94. The van der Waals surface area contributed by atoms with Crippen molar-refractivity contribution in [2.45, 2.75) is 43.6 Å². The van der Waals surface area contributed by atoms with Crippen molar-refractivity contribution in [3.63, 3.8) is 0 Å². The summed E-state index contributed by atoms with van der Waals surface area (Å²) in [5.74, 6) is -0.226. The van der Waals surface area contributed by atoms with Crippen LogP contribution in [0.15, 0.2) is 0 Å². The van der Waals surface area contributed by atoms with Gasteiger partial charge in [-0.15, -0.1) is 0 Å². The van der Waals surface area contributed by atoms with E-state index in [2.05, 4.69) is 0 Å². The minimum absolute atomic E-state index is 0.0212. The predicted molar refractivity (Wildman–Crippen MR) is 55.1 cm³/mol. The first-order valence-corrected chi connectivity index (χ1v) is 7.08. The average molecular weight is 235 g/mol. The second-order valence-electron chi connectivity index (χ2n) is 4.51. The smallest absolute Gasteiger partial charge is 0.155 e. The number of ether oxygens (including phenoxy) is 1. The molecule has 2 rings (SSSR count). The van der Waals surface area contributed by atoms with Gasteiger partial charge < -0.3 is 15.6 Å². The molecule has 1 heterocycles. The van der Waals surface area contributed by atoms with Gasteiger partial charge in [0.05, 0.1) is 29.8 Å². The highest BCUT2D eigenvalue weighted by molar-refractivity contribution is 7.91. The molecule has 3 N–H and O–H groups in total. The Kier molecular flexibility index (Phi) is 3.03. The van der Waals surface area contributed by atoms with E-state index in [1.807, 2.05) is 0 Å². The molecule has 4 atom stereocenters. The molecule has 2 aliphatic rings. The van der Waals surface area contributed by atoms with Gasteiger partial charge in [0.1, 0.15) is 0 Å². The van der Waals surface area contributed by atoms with E-state index < -0.39 is 22.0 Å². The van der Waals surface area contributed by atoms with E-state index in [4.69, 9.17) is 10.5 Å². The van der Waals surface area contributed by atoms with Gasteiger partial charge in [-0.1, -0.05) is 0 Å². The highest BCUT2D eigenvalue weighted by Gasteiger charge is 2.39. The molecule has 0 radical (unpaired) electrons. The van der Waals surface area contributed by atoms with E-state index in [0.717, 1.165) is 19.3 Å². The van der Waals surface area contributed by atoms with Gasteiger partial charge in [0, 0.05) is 6.04 Å². The summed E-state index contributed by atoms with van der Waals surface area (Å²) in [6.07, 6.45) is 1.15. The monoisotopic (exact) mass is 235 g/mol. The van der Waals surface area contributed by atoms with Crippen LogP contribution in [0.5, 0.6) is 0 Å². The average Bonchev–Trinajstić information content (AvgIpc) is 2.58. The third-order valence-corrected chi connectivity index (χ3v) is 4.75. The lowest BCUT2D eigenvalue weighted by atomic mass is 10.2. The Balaban J connectivity index is 1.90. The van der Waals surface area contributed by atoms with Crippen molar-refractivity contribution in [2.24, 2.45) is 5.73 Å². The second kappa shape index (κ2) is 4.01. The highest BCUT2D eigenvalue weighted by Crippen LogP contribution is 2.25. The lowest BCUT2D eigenvalue weighted by molar-refractivity contribution is -0.0497. The number of hydrogen-bond donors (Lipinski definition) is 2. The van der Waals surface area contributed by atoms with Gasteiger partial charge >= 0.3 is 0 Å². The first-order valence-electron chi connectivity index (χ1n) is 5.26. The third-order valence-electron chi connectivity index (χ3n) is 3.06. The Labute approximate surface area is 89.5 Å². The molecule has 0 spiro atoms. The van der Waals surface area contributed by atoms with Crippen LogP contribution in [0.3, 0.4) is 0 Å². The summed E-state index contributed by atoms with van der Waals surface area (Å²) in [7, 11) is -3.11. The fraction of sp³-hybridized carbons (Fsp3) is 1.00. The van der Waals surface area contributed by atoms with E-state index in [9.17, 15) is 13.5 Å². The van der Waals surface area contributed by atoms with Crippen LogP contribution in [0.4, 0.5) is 0 Å². The van der Waals surface area contributed by atoms with Gasteiger partial charge in [-0.05, 0) is 19.3 Å². The third kappa shape index (κ3) is 2.69. The first-order chi connectivity index (χ1) is 6.96. The molecule has 5 nitrogen and oxygen atoms in total. The maximum Gasteiger partial charge on any atom is 0.155 e. The topological polar surface area (TPSA) is 89.6 Å². The van der Waals surface area contributed by atoms with Crippen molar-refractivity contribution in [3.8, 4) is 0 Å². The maximum absolute atomic E-state index is 11.2. The van der Waals surface area contributed by atoms with Crippen LogP contribution < -0.4 is 5.73 Å². The van der Waals surface area contributed by atoms with Crippen LogP contribution in [-0.4, -0.2) is 49.4 Å². The molecular weight excluding hydrogens is 218 g/mol. The molecule has 4 unspecified atom stereocenters. The summed E-state index contributed by atoms with van der Waals surface area (Å²) in [5.41, 5.74) is 5.73. The molecule has 88 valence electrons. The van der Waals surface area contributed by atoms with Crippen LogP contribution in [0.2, 0.25) is 0 Å². The molecule has 2 fully saturated rings. The molecule has 6 heteroatoms. The zero-order valence-corrected chi connectivity index (χ0v) is 9.32. The lowest BCUT2D eigenvalue weighted by Gasteiger charge is -2.19. The van der Waals surface area contributed by atoms with Crippen molar-refractivity contribution < 1.29 is 18.3 Å². The van der Waals surface area contributed by atoms with Crippen LogP contribution in [0.1, 0.15) is 19.3 Å². The number of rotatable bonds is 2. The number of aliphatic hydroxyl groups excluding tert-OH is 1. The Bertz CT molecular complexity index is 329. The predicted octanol–water partition coefficient (Wildman–Crippen LogP) is -0.959. The summed E-state index contributed by atoms with van der Waals surface area (Å²) in [4.78, 5) is 0. The second-order valence-corrected chi connectivity index (χ2v) is 6.67. The van der Waals surface area contributed by atoms with Gasteiger partial charge in [0.25, 0.3) is 0 Å². The Morgan fingerprint density at radius 1 is 1.27 bits per heavy atom. The summed E-state index contributed by atoms with van der Waals surface area (Å²) in [5, 5.41) is 9.52. The molecule has 1 aliphatic carbocycles. The van der Waals surface area contributed by atoms with Gasteiger partial charge in [0.15, 0.2) is 9.84 Å². The Morgan fingerprint density at radius 3 is 2.47 bits per heavy atom. The van der Waals surface area contributed by atoms with Gasteiger partial charge in [0.2, 0.25) is 0 Å². The van der Waals surface area contributed by atoms with Crippen molar-refractivity contribution in [1.82, 2.24) is 0 Å². The van der Waals surface area contributed by atoms with Crippen LogP contribution in [0.25, 0.3) is 0 Å². The molecule has 0 bridgehead atoms. The minimum atomic E-state index is -3.11. The highest BCUT2D eigenvalue weighted by atomic mass is 32.2. The Morgan fingerprint density at radius 2 is 2.00 bits per heavy atom. The van der Waals surface area contributed by atoms with E-state index in [1.54, 1.807) is 0 Å². The molecule has 1 aliphatic heterocycles. The number of aliphatic hydroxyl groups is 1. The molecule has 0 aromatic rings. The van der Waals surface area contributed by atoms with Gasteiger partial charge in [-0.25, -0.2) is 8.42 Å². The fourth-order valence-electron chi connectivity index (χ4n) is 2.27. The summed E-state index contributed by atoms with van der Waals surface area (Å²) < 4.78 is 28.0. The zero-order chi connectivity index (χ0) is 11.1. The number of sulfone groups is 1. The minimum Gasteiger partial charge on any atom is -0.389 e. The molecule has 1 saturated heterocycles. The zero-order valence-electron chi connectivity index (χ0n) is 8.50. The normalized spacial score (nSPS) is 44.7. The summed E-state index contributed by atoms with van der Waals surface area (Å²) >= 11 is 0. The van der Waals surface area contributed by atoms with Gasteiger partial charge in [-0.3, -0.25) is 0 Å². The van der Waals surface area contributed by atoms with Crippen molar-refractivity contribution in [3.05, 3.63) is 0 Å². The van der Waals surface area contributed by atoms with E-state index >= 15 is 0 Å². The van der Waals surface area contributed by atoms with Crippen LogP contribution in [0, 0.1) is 0 Å². The van der Waals surface area contributed by atoms with Gasteiger partial charge in [-0.2, -0.15) is 0 Å². The Hall–Kier alpha value is -0.170. The molecule has 0 aromatic heterocycles. The SMILES string of the molecule is NC1CCC(OC2CS(=O)(=O)CC2O)C1. The summed E-state index contributed by atoms with van der Waals surface area (Å²) in [6, 6.07) is 0.158. The maximum atomic E-state index is 11.2. The number of hydrogen-bond acceptors (Lipinski definition) is 5. The standard InChI is InChI=1S/C9H17NO4S/c10-6-1-2-7(3-6)14-9-5-15(12,13)4-8(9)11/h6-9,11H,1-5,10H2. The quantitative estimate of drug-likeness (QED) is 0.643. The van der Waals surface area contributed by atoms with E-state index in [0.29, 0.717) is 0 Å². The molecular formula is C9H17NO4S. The lowest BCUT2D eigenvalue weighted by Crippen LogP contribution is -2.31. The first kappa shape index (κ1) is 11.3. The van der Waals surface area contributed by atoms with Crippen LogP contribution >= 0.6 is 0 Å². The van der Waals surface area contributed by atoms with E-state index in [1.165, 1.54) is 0 Å². The van der Waals surface area contributed by atoms with E-state index in [-0.39, 0.29) is 23.7 Å². The van der Waals surface area contributed by atoms with Crippen molar-refractivity contribution in [1.29, 1.82) is 0 Å². The van der Waals surface area contributed by atoms with Crippen molar-refractivity contribution >= 4 is 9.84 Å². The van der Waals surface area contributed by atoms with Crippen LogP contribution in [-0.2, 0) is 14.6 Å². The number of nitrogens with two attached hydrogens (primary N) is 1. The largest absolute Gasteiger partial charge is 0.389 e. The molecule has 0 amide bonds. The molecule has 1 saturated carbocycles. The van der Waals surface area contributed by atoms with Crippen molar-refractivity contribution in [2.75, 3.05) is 11.5 Å².